The minimum absolute atomic E-state index is 0.0556. The van der Waals surface area contributed by atoms with Crippen molar-refractivity contribution in [2.75, 3.05) is 0 Å². The summed E-state index contributed by atoms with van der Waals surface area (Å²) in [5.41, 5.74) is 0.778. The van der Waals surface area contributed by atoms with Crippen LogP contribution in [0.4, 0.5) is 0 Å². The Bertz CT molecular complexity index is 458. The third kappa shape index (κ3) is 1.91. The van der Waals surface area contributed by atoms with Crippen LogP contribution in [0.3, 0.4) is 0 Å². The molecule has 0 radical (unpaired) electrons. The van der Waals surface area contributed by atoms with E-state index in [1.807, 2.05) is 6.07 Å². The summed E-state index contributed by atoms with van der Waals surface area (Å²) in [4.78, 5) is 34.8. The topological polar surface area (TPSA) is 54.5 Å². The first-order chi connectivity index (χ1) is 7.68. The molecule has 0 saturated carbocycles. The molecule has 3 amide bonds. The third-order valence-corrected chi connectivity index (χ3v) is 2.26. The van der Waals surface area contributed by atoms with Gasteiger partial charge < -0.3 is 0 Å². The van der Waals surface area contributed by atoms with E-state index in [1.54, 1.807) is 24.3 Å². The van der Waals surface area contributed by atoms with Gasteiger partial charge in [0.15, 0.2) is 0 Å². The first-order valence-electron chi connectivity index (χ1n) is 4.81. The summed E-state index contributed by atoms with van der Waals surface area (Å²) in [6, 6.07) is 8.98. The van der Waals surface area contributed by atoms with Gasteiger partial charge in [0.25, 0.3) is 11.8 Å². The Balaban J connectivity index is 2.10. The summed E-state index contributed by atoms with van der Waals surface area (Å²) in [7, 11) is 0. The molecule has 0 unspecified atom stereocenters. The predicted octanol–water partition coefficient (Wildman–Crippen LogP) is 0.681. The molecule has 1 heterocycles. The lowest BCUT2D eigenvalue weighted by Gasteiger charge is -2.11. The Labute approximate surface area is 92.2 Å². The summed E-state index contributed by atoms with van der Waals surface area (Å²) in [6.07, 6.45) is 2.26. The molecule has 0 N–H and O–H groups in total. The van der Waals surface area contributed by atoms with Crippen molar-refractivity contribution in [3.8, 4) is 0 Å². The van der Waals surface area contributed by atoms with Crippen LogP contribution < -0.4 is 0 Å². The molecule has 4 heteroatoms. The molecule has 0 fully saturated rings. The number of imide groups is 3. The maximum Gasteiger partial charge on any atom is 0.260 e. The van der Waals surface area contributed by atoms with Crippen LogP contribution >= 0.6 is 0 Å². The molecule has 1 aromatic rings. The number of rotatable bonds is 2. The average molecular weight is 215 g/mol. The lowest BCUT2D eigenvalue weighted by molar-refractivity contribution is -0.147. The highest BCUT2D eigenvalue weighted by Gasteiger charge is 2.29. The van der Waals surface area contributed by atoms with Crippen molar-refractivity contribution >= 4 is 17.7 Å². The van der Waals surface area contributed by atoms with Crippen LogP contribution in [-0.4, -0.2) is 22.6 Å². The number of carbonyl (C=O) groups excluding carboxylic acids is 3. The van der Waals surface area contributed by atoms with Gasteiger partial charge in [-0.2, -0.15) is 0 Å². The zero-order valence-corrected chi connectivity index (χ0v) is 8.42. The second-order valence-electron chi connectivity index (χ2n) is 3.40. The Hall–Kier alpha value is -2.23. The molecule has 1 aromatic carbocycles. The minimum Gasteiger partial charge on any atom is -0.274 e. The Kier molecular flexibility index (Phi) is 2.64. The van der Waals surface area contributed by atoms with Crippen molar-refractivity contribution in [2.24, 2.45) is 0 Å². The molecular formula is C12H9NO3. The Morgan fingerprint density at radius 2 is 1.56 bits per heavy atom. The number of benzene rings is 1. The molecule has 0 bridgehead atoms. The van der Waals surface area contributed by atoms with Crippen LogP contribution in [0.25, 0.3) is 0 Å². The van der Waals surface area contributed by atoms with E-state index in [0.29, 0.717) is 4.90 Å². The monoisotopic (exact) mass is 215 g/mol. The van der Waals surface area contributed by atoms with Gasteiger partial charge >= 0.3 is 0 Å². The summed E-state index contributed by atoms with van der Waals surface area (Å²) >= 11 is 0. The maximum atomic E-state index is 11.7. The van der Waals surface area contributed by atoms with E-state index in [0.717, 1.165) is 17.7 Å². The van der Waals surface area contributed by atoms with Crippen molar-refractivity contribution in [1.82, 2.24) is 4.90 Å². The van der Waals surface area contributed by atoms with Crippen LogP contribution in [0, 0.1) is 0 Å². The minimum atomic E-state index is -0.564. The van der Waals surface area contributed by atoms with E-state index in [9.17, 15) is 14.4 Å². The molecule has 0 aromatic heterocycles. The second-order valence-corrected chi connectivity index (χ2v) is 3.40. The van der Waals surface area contributed by atoms with Gasteiger partial charge in [0.2, 0.25) is 5.91 Å². The van der Waals surface area contributed by atoms with Gasteiger partial charge in [0.1, 0.15) is 0 Å². The largest absolute Gasteiger partial charge is 0.274 e. The molecule has 0 aliphatic carbocycles. The maximum absolute atomic E-state index is 11.7. The van der Waals surface area contributed by atoms with Crippen LogP contribution in [0.5, 0.6) is 0 Å². The molecule has 0 atom stereocenters. The van der Waals surface area contributed by atoms with E-state index in [-0.39, 0.29) is 6.42 Å². The quantitative estimate of drug-likeness (QED) is 0.682. The highest BCUT2D eigenvalue weighted by molar-refractivity contribution is 6.22. The summed E-state index contributed by atoms with van der Waals surface area (Å²) in [6.45, 7) is 0. The van der Waals surface area contributed by atoms with Crippen molar-refractivity contribution in [3.63, 3.8) is 0 Å². The van der Waals surface area contributed by atoms with Crippen LogP contribution in [-0.2, 0) is 20.8 Å². The molecule has 16 heavy (non-hydrogen) atoms. The van der Waals surface area contributed by atoms with E-state index in [1.165, 1.54) is 0 Å². The van der Waals surface area contributed by atoms with Gasteiger partial charge in [-0.05, 0) is 5.56 Å². The highest BCUT2D eigenvalue weighted by atomic mass is 16.2. The van der Waals surface area contributed by atoms with E-state index in [2.05, 4.69) is 0 Å². The molecule has 0 spiro atoms. The Morgan fingerprint density at radius 1 is 1.00 bits per heavy atom. The van der Waals surface area contributed by atoms with Crippen LogP contribution in [0.1, 0.15) is 5.56 Å². The number of hydrogen-bond acceptors (Lipinski definition) is 3. The predicted molar refractivity (Wildman–Crippen MR) is 56.1 cm³/mol. The fourth-order valence-corrected chi connectivity index (χ4v) is 1.50. The third-order valence-electron chi connectivity index (χ3n) is 2.26. The lowest BCUT2D eigenvalue weighted by Crippen LogP contribution is -2.37. The molecule has 80 valence electrons. The standard InChI is InChI=1S/C12H9NO3/c14-10-6-7-11(15)13(10)12(16)8-9-4-2-1-3-5-9/h1-7H,8H2. The molecule has 1 aliphatic rings. The molecule has 1 aliphatic heterocycles. The van der Waals surface area contributed by atoms with Gasteiger partial charge in [-0.15, -0.1) is 0 Å². The molecule has 2 rings (SSSR count). The van der Waals surface area contributed by atoms with Gasteiger partial charge in [0.05, 0.1) is 6.42 Å². The second kappa shape index (κ2) is 4.10. The first kappa shape index (κ1) is 10.3. The van der Waals surface area contributed by atoms with Crippen LogP contribution in [0.15, 0.2) is 42.5 Å². The SMILES string of the molecule is O=C1C=CC(=O)N1C(=O)Cc1ccccc1. The summed E-state index contributed by atoms with van der Waals surface area (Å²) < 4.78 is 0. The Morgan fingerprint density at radius 3 is 2.12 bits per heavy atom. The van der Waals surface area contributed by atoms with E-state index >= 15 is 0 Å². The summed E-state index contributed by atoms with van der Waals surface area (Å²) in [5, 5.41) is 0. The van der Waals surface area contributed by atoms with Gasteiger partial charge in [0, 0.05) is 12.2 Å². The van der Waals surface area contributed by atoms with Gasteiger partial charge in [-0.3, -0.25) is 14.4 Å². The normalized spacial score (nSPS) is 14.6. The van der Waals surface area contributed by atoms with Crippen molar-refractivity contribution in [1.29, 1.82) is 0 Å². The smallest absolute Gasteiger partial charge is 0.260 e. The zero-order valence-electron chi connectivity index (χ0n) is 8.42. The fourth-order valence-electron chi connectivity index (χ4n) is 1.50. The number of nitrogens with zero attached hydrogens (tertiary/aromatic N) is 1. The number of amides is 3. The molecule has 4 nitrogen and oxygen atoms in total. The van der Waals surface area contributed by atoms with E-state index in [4.69, 9.17) is 0 Å². The summed E-state index contributed by atoms with van der Waals surface area (Å²) in [5.74, 6) is -1.62. The van der Waals surface area contributed by atoms with Crippen LogP contribution in [0.2, 0.25) is 0 Å². The average Bonchev–Trinajstić information content (AvgIpc) is 2.60. The zero-order chi connectivity index (χ0) is 11.5. The fraction of sp³-hybridized carbons (Fsp3) is 0.0833. The number of hydrogen-bond donors (Lipinski definition) is 0. The molecule has 0 saturated heterocycles. The number of carbonyl (C=O) groups is 3. The van der Waals surface area contributed by atoms with Crippen molar-refractivity contribution < 1.29 is 14.4 Å². The van der Waals surface area contributed by atoms with Crippen molar-refractivity contribution in [2.45, 2.75) is 6.42 Å². The lowest BCUT2D eigenvalue weighted by atomic mass is 10.1. The van der Waals surface area contributed by atoms with Gasteiger partial charge in [-0.25, -0.2) is 4.90 Å². The van der Waals surface area contributed by atoms with Crippen molar-refractivity contribution in [3.05, 3.63) is 48.0 Å². The first-order valence-corrected chi connectivity index (χ1v) is 4.81. The van der Waals surface area contributed by atoms with E-state index < -0.39 is 17.7 Å². The van der Waals surface area contributed by atoms with Gasteiger partial charge in [-0.1, -0.05) is 30.3 Å². The highest BCUT2D eigenvalue weighted by Crippen LogP contribution is 2.08. The molecular weight excluding hydrogens is 206 g/mol.